The summed E-state index contributed by atoms with van der Waals surface area (Å²) in [5.74, 6) is 0.459. The van der Waals surface area contributed by atoms with Gasteiger partial charge in [0, 0.05) is 32.4 Å². The number of hydrogen-bond donors (Lipinski definition) is 1. The van der Waals surface area contributed by atoms with E-state index in [2.05, 4.69) is 29.4 Å². The third-order valence-corrected chi connectivity index (χ3v) is 5.25. The summed E-state index contributed by atoms with van der Waals surface area (Å²) in [5, 5.41) is 3.46. The summed E-state index contributed by atoms with van der Waals surface area (Å²) < 4.78 is 5.92. The molecule has 4 nitrogen and oxygen atoms in total. The summed E-state index contributed by atoms with van der Waals surface area (Å²) >= 11 is 0. The predicted molar refractivity (Wildman–Crippen MR) is 86.5 cm³/mol. The minimum Gasteiger partial charge on any atom is -0.454 e. The molecule has 120 valence electrons. The van der Waals surface area contributed by atoms with Gasteiger partial charge in [0.15, 0.2) is 0 Å². The van der Waals surface area contributed by atoms with Gasteiger partial charge in [-0.05, 0) is 38.0 Å². The second kappa shape index (κ2) is 6.39. The fraction of sp³-hybridized carbons (Fsp3) is 0.611. The lowest BCUT2D eigenvalue weighted by Crippen LogP contribution is -2.52. The first kappa shape index (κ1) is 15.5. The Hall–Kier alpha value is -1.39. The summed E-state index contributed by atoms with van der Waals surface area (Å²) in [6.07, 6.45) is 2.96. The third kappa shape index (κ3) is 3.03. The van der Waals surface area contributed by atoms with Gasteiger partial charge in [0.05, 0.1) is 0 Å². The van der Waals surface area contributed by atoms with Gasteiger partial charge in [-0.1, -0.05) is 30.3 Å². The van der Waals surface area contributed by atoms with Crippen LogP contribution in [-0.4, -0.2) is 43.6 Å². The molecule has 2 fully saturated rings. The first-order valence-corrected chi connectivity index (χ1v) is 8.27. The highest BCUT2D eigenvalue weighted by Crippen LogP contribution is 2.41. The van der Waals surface area contributed by atoms with Crippen molar-refractivity contribution in [2.24, 2.45) is 5.92 Å². The summed E-state index contributed by atoms with van der Waals surface area (Å²) in [7, 11) is 2.20. The van der Waals surface area contributed by atoms with Gasteiger partial charge in [-0.2, -0.15) is 0 Å². The fourth-order valence-electron chi connectivity index (χ4n) is 4.08. The average Bonchev–Trinajstić information content (AvgIpc) is 3.04. The monoisotopic (exact) mass is 302 g/mol. The van der Waals surface area contributed by atoms with E-state index < -0.39 is 5.60 Å². The Labute approximate surface area is 132 Å². The van der Waals surface area contributed by atoms with Crippen molar-refractivity contribution in [2.75, 3.05) is 26.7 Å². The minimum absolute atomic E-state index is 0.184. The number of nitrogens with one attached hydrogen (secondary N) is 1. The lowest BCUT2D eigenvalue weighted by molar-refractivity contribution is -0.167. The molecule has 0 aromatic heterocycles. The maximum atomic E-state index is 11.8. The highest BCUT2D eigenvalue weighted by Gasteiger charge is 2.45. The number of benzene rings is 1. The molecule has 2 aliphatic rings. The van der Waals surface area contributed by atoms with Crippen molar-refractivity contribution in [1.82, 2.24) is 10.2 Å². The molecule has 3 rings (SSSR count). The van der Waals surface area contributed by atoms with Crippen LogP contribution in [0.1, 0.15) is 31.7 Å². The molecule has 0 bridgehead atoms. The van der Waals surface area contributed by atoms with Crippen LogP contribution >= 0.6 is 0 Å². The summed E-state index contributed by atoms with van der Waals surface area (Å²) in [4.78, 5) is 14.2. The van der Waals surface area contributed by atoms with E-state index in [4.69, 9.17) is 4.74 Å². The van der Waals surface area contributed by atoms with Crippen LogP contribution < -0.4 is 5.32 Å². The molecule has 0 saturated carbocycles. The van der Waals surface area contributed by atoms with Gasteiger partial charge in [0.2, 0.25) is 0 Å². The molecular weight excluding hydrogens is 276 g/mol. The second-order valence-corrected chi connectivity index (χ2v) is 6.71. The van der Waals surface area contributed by atoms with Crippen molar-refractivity contribution >= 4 is 5.97 Å². The Morgan fingerprint density at radius 1 is 1.36 bits per heavy atom. The van der Waals surface area contributed by atoms with Crippen LogP contribution in [0.3, 0.4) is 0 Å². The van der Waals surface area contributed by atoms with E-state index in [1.807, 2.05) is 18.2 Å². The maximum Gasteiger partial charge on any atom is 0.303 e. The molecule has 0 radical (unpaired) electrons. The SMILES string of the molecule is CC(=O)OC1(c2ccccc2)CCN(C)C(C2CCNC2)C1. The largest absolute Gasteiger partial charge is 0.454 e. The number of hydrogen-bond acceptors (Lipinski definition) is 4. The number of carbonyl (C=O) groups is 1. The van der Waals surface area contributed by atoms with Crippen LogP contribution in [0.2, 0.25) is 0 Å². The molecule has 2 aliphatic heterocycles. The average molecular weight is 302 g/mol. The van der Waals surface area contributed by atoms with Crippen LogP contribution in [0.4, 0.5) is 0 Å². The number of nitrogens with zero attached hydrogens (tertiary/aromatic N) is 1. The van der Waals surface area contributed by atoms with Gasteiger partial charge in [-0.15, -0.1) is 0 Å². The number of esters is 1. The van der Waals surface area contributed by atoms with Crippen molar-refractivity contribution < 1.29 is 9.53 Å². The quantitative estimate of drug-likeness (QED) is 0.869. The van der Waals surface area contributed by atoms with Gasteiger partial charge in [-0.3, -0.25) is 4.79 Å². The molecule has 0 aliphatic carbocycles. The van der Waals surface area contributed by atoms with Crippen molar-refractivity contribution in [1.29, 1.82) is 0 Å². The Balaban J connectivity index is 1.90. The van der Waals surface area contributed by atoms with E-state index in [0.29, 0.717) is 12.0 Å². The third-order valence-electron chi connectivity index (χ3n) is 5.25. The molecule has 2 heterocycles. The van der Waals surface area contributed by atoms with E-state index in [0.717, 1.165) is 38.0 Å². The Morgan fingerprint density at radius 3 is 2.77 bits per heavy atom. The number of likely N-dealkylation sites (tertiary alicyclic amines) is 1. The Bertz CT molecular complexity index is 513. The normalized spacial score (nSPS) is 32.8. The zero-order valence-corrected chi connectivity index (χ0v) is 13.5. The fourth-order valence-corrected chi connectivity index (χ4v) is 4.08. The highest BCUT2D eigenvalue weighted by atomic mass is 16.6. The zero-order valence-electron chi connectivity index (χ0n) is 13.5. The lowest BCUT2D eigenvalue weighted by atomic mass is 9.76. The van der Waals surface area contributed by atoms with E-state index in [9.17, 15) is 4.79 Å². The first-order valence-electron chi connectivity index (χ1n) is 8.27. The van der Waals surface area contributed by atoms with Crippen molar-refractivity contribution in [3.8, 4) is 0 Å². The van der Waals surface area contributed by atoms with E-state index in [-0.39, 0.29) is 5.97 Å². The van der Waals surface area contributed by atoms with Crippen LogP contribution in [0.15, 0.2) is 30.3 Å². The van der Waals surface area contributed by atoms with Gasteiger partial charge < -0.3 is 15.0 Å². The number of piperidine rings is 1. The van der Waals surface area contributed by atoms with Crippen LogP contribution in [0.5, 0.6) is 0 Å². The molecule has 1 aromatic carbocycles. The molecule has 0 spiro atoms. The smallest absolute Gasteiger partial charge is 0.303 e. The molecule has 2 saturated heterocycles. The van der Waals surface area contributed by atoms with E-state index in [1.54, 1.807) is 0 Å². The van der Waals surface area contributed by atoms with Gasteiger partial charge in [-0.25, -0.2) is 0 Å². The maximum absolute atomic E-state index is 11.8. The second-order valence-electron chi connectivity index (χ2n) is 6.71. The van der Waals surface area contributed by atoms with Crippen LogP contribution in [0.25, 0.3) is 0 Å². The molecule has 1 N–H and O–H groups in total. The standard InChI is InChI=1S/C18H26N2O2/c1-14(21)22-18(16-6-4-3-5-7-16)9-11-20(2)17(12-18)15-8-10-19-13-15/h3-7,15,17,19H,8-13H2,1-2H3. The van der Waals surface area contributed by atoms with Crippen LogP contribution in [-0.2, 0) is 15.1 Å². The summed E-state index contributed by atoms with van der Waals surface area (Å²) in [6, 6.07) is 10.7. The van der Waals surface area contributed by atoms with E-state index >= 15 is 0 Å². The molecule has 3 unspecified atom stereocenters. The molecule has 4 heteroatoms. The molecule has 1 aromatic rings. The van der Waals surface area contributed by atoms with Gasteiger partial charge in [0.25, 0.3) is 0 Å². The first-order chi connectivity index (χ1) is 10.6. The molecule has 3 atom stereocenters. The minimum atomic E-state index is -0.465. The molecule has 22 heavy (non-hydrogen) atoms. The predicted octanol–water partition coefficient (Wildman–Crippen LogP) is 2.15. The molecular formula is C18H26N2O2. The van der Waals surface area contributed by atoms with Crippen molar-refractivity contribution in [3.05, 3.63) is 35.9 Å². The van der Waals surface area contributed by atoms with Gasteiger partial charge >= 0.3 is 5.97 Å². The van der Waals surface area contributed by atoms with Crippen LogP contribution in [0, 0.1) is 5.92 Å². The zero-order chi connectivity index (χ0) is 15.6. The number of carbonyl (C=O) groups excluding carboxylic acids is 1. The van der Waals surface area contributed by atoms with Gasteiger partial charge in [0.1, 0.15) is 5.60 Å². The van der Waals surface area contributed by atoms with Crippen molar-refractivity contribution in [2.45, 2.75) is 37.8 Å². The van der Waals surface area contributed by atoms with E-state index in [1.165, 1.54) is 13.3 Å². The topological polar surface area (TPSA) is 41.6 Å². The lowest BCUT2D eigenvalue weighted by Gasteiger charge is -2.47. The highest BCUT2D eigenvalue weighted by molar-refractivity contribution is 5.67. The Morgan fingerprint density at radius 2 is 2.14 bits per heavy atom. The number of rotatable bonds is 3. The molecule has 0 amide bonds. The Kier molecular flexibility index (Phi) is 4.50. The van der Waals surface area contributed by atoms with Crippen molar-refractivity contribution in [3.63, 3.8) is 0 Å². The summed E-state index contributed by atoms with van der Waals surface area (Å²) in [5.41, 5.74) is 0.668. The summed E-state index contributed by atoms with van der Waals surface area (Å²) in [6.45, 7) is 4.65. The number of ether oxygens (including phenoxy) is 1.